The summed E-state index contributed by atoms with van der Waals surface area (Å²) < 4.78 is 4.94. The third-order valence-electron chi connectivity index (χ3n) is 4.38. The second kappa shape index (κ2) is 7.96. The number of rotatable bonds is 5. The number of nitrogens with one attached hydrogen (secondary N) is 1. The van der Waals surface area contributed by atoms with Crippen LogP contribution < -0.4 is 10.2 Å². The molecule has 0 spiro atoms. The number of benzene rings is 2. The van der Waals surface area contributed by atoms with Gasteiger partial charge in [0.2, 0.25) is 0 Å². The number of nitro groups is 1. The molecule has 8 heteroatoms. The molecule has 0 unspecified atom stereocenters. The van der Waals surface area contributed by atoms with Crippen molar-refractivity contribution in [2.45, 2.75) is 12.8 Å². The molecule has 3 rings (SSSR count). The number of nitrogens with zero attached hydrogens (tertiary/aromatic N) is 2. The van der Waals surface area contributed by atoms with Crippen LogP contribution in [0.4, 0.5) is 17.1 Å². The van der Waals surface area contributed by atoms with Crippen LogP contribution in [0.2, 0.25) is 0 Å². The lowest BCUT2D eigenvalue weighted by atomic mass is 10.0. The average molecular weight is 369 g/mol. The Morgan fingerprint density at radius 2 is 2.04 bits per heavy atom. The van der Waals surface area contributed by atoms with Gasteiger partial charge in [0, 0.05) is 31.1 Å². The minimum absolute atomic E-state index is 0.0208. The number of ether oxygens (including phenoxy) is 1. The summed E-state index contributed by atoms with van der Waals surface area (Å²) in [6.45, 7) is 0.559. The van der Waals surface area contributed by atoms with E-state index in [1.807, 2.05) is 6.07 Å². The minimum Gasteiger partial charge on any atom is -0.375 e. The van der Waals surface area contributed by atoms with Gasteiger partial charge in [-0.15, -0.1) is 0 Å². The predicted molar refractivity (Wildman–Crippen MR) is 100 cm³/mol. The molecule has 0 fully saturated rings. The average Bonchev–Trinajstić information content (AvgIpc) is 2.67. The summed E-state index contributed by atoms with van der Waals surface area (Å²) in [4.78, 5) is 37.0. The minimum atomic E-state index is -0.590. The maximum atomic E-state index is 12.5. The van der Waals surface area contributed by atoms with E-state index in [9.17, 15) is 19.7 Å². The van der Waals surface area contributed by atoms with Gasteiger partial charge in [0.15, 0.2) is 0 Å². The lowest BCUT2D eigenvalue weighted by molar-refractivity contribution is -0.385. The van der Waals surface area contributed by atoms with Gasteiger partial charge < -0.3 is 15.0 Å². The maximum Gasteiger partial charge on any atom is 0.282 e. The Balaban J connectivity index is 1.87. The van der Waals surface area contributed by atoms with Crippen molar-refractivity contribution in [1.29, 1.82) is 0 Å². The zero-order chi connectivity index (χ0) is 19.4. The molecule has 1 heterocycles. The third-order valence-corrected chi connectivity index (χ3v) is 4.38. The van der Waals surface area contributed by atoms with E-state index in [2.05, 4.69) is 5.32 Å². The quantitative estimate of drug-likeness (QED) is 0.645. The van der Waals surface area contributed by atoms with E-state index in [-0.39, 0.29) is 23.8 Å². The highest BCUT2D eigenvalue weighted by atomic mass is 16.6. The highest BCUT2D eigenvalue weighted by Gasteiger charge is 2.24. The standard InChI is InChI=1S/C19H19N3O5/c1-27-12-18(23)21-10-4-5-13-8-9-14(11-17(13)21)20-19(24)15-6-2-3-7-16(15)22(25)26/h2-3,6-9,11H,4-5,10,12H2,1H3,(H,20,24). The van der Waals surface area contributed by atoms with Crippen molar-refractivity contribution < 1.29 is 19.2 Å². The van der Waals surface area contributed by atoms with Crippen molar-refractivity contribution in [3.63, 3.8) is 0 Å². The molecule has 0 saturated heterocycles. The Bertz CT molecular complexity index is 897. The van der Waals surface area contributed by atoms with Gasteiger partial charge in [-0.1, -0.05) is 18.2 Å². The molecule has 2 aromatic rings. The molecule has 140 valence electrons. The molecule has 2 aromatic carbocycles. The number of nitro benzene ring substituents is 1. The number of methoxy groups -OCH3 is 1. The molecule has 1 aliphatic rings. The molecular formula is C19H19N3O5. The van der Waals surface area contributed by atoms with Crippen LogP contribution in [0.25, 0.3) is 0 Å². The highest BCUT2D eigenvalue weighted by molar-refractivity contribution is 6.07. The lowest BCUT2D eigenvalue weighted by Crippen LogP contribution is -2.37. The summed E-state index contributed by atoms with van der Waals surface area (Å²) in [6, 6.07) is 11.1. The summed E-state index contributed by atoms with van der Waals surface area (Å²) in [5.41, 5.74) is 1.92. The van der Waals surface area contributed by atoms with Crippen LogP contribution in [0.15, 0.2) is 42.5 Å². The Hall–Kier alpha value is -3.26. The molecule has 0 atom stereocenters. The molecule has 1 N–H and O–H groups in total. The largest absolute Gasteiger partial charge is 0.375 e. The molecule has 0 saturated carbocycles. The van der Waals surface area contributed by atoms with E-state index < -0.39 is 10.8 Å². The summed E-state index contributed by atoms with van der Waals surface area (Å²) in [5, 5.41) is 13.8. The SMILES string of the molecule is COCC(=O)N1CCCc2ccc(NC(=O)c3ccccc3[N+](=O)[O-])cc21. The first-order chi connectivity index (χ1) is 13.0. The predicted octanol–water partition coefficient (Wildman–Crippen LogP) is 2.77. The molecule has 2 amide bonds. The van der Waals surface area contributed by atoms with Gasteiger partial charge in [-0.05, 0) is 36.6 Å². The van der Waals surface area contributed by atoms with E-state index in [0.717, 1.165) is 24.1 Å². The first-order valence-corrected chi connectivity index (χ1v) is 8.48. The highest BCUT2D eigenvalue weighted by Crippen LogP contribution is 2.30. The molecular weight excluding hydrogens is 350 g/mol. The van der Waals surface area contributed by atoms with Crippen LogP contribution in [0.3, 0.4) is 0 Å². The molecule has 1 aliphatic heterocycles. The number of carbonyl (C=O) groups excluding carboxylic acids is 2. The molecule has 27 heavy (non-hydrogen) atoms. The molecule has 0 aliphatic carbocycles. The zero-order valence-corrected chi connectivity index (χ0v) is 14.8. The summed E-state index contributed by atoms with van der Waals surface area (Å²) in [5.74, 6) is -0.728. The fraction of sp³-hybridized carbons (Fsp3) is 0.263. The first kappa shape index (κ1) is 18.5. The lowest BCUT2D eigenvalue weighted by Gasteiger charge is -2.29. The van der Waals surface area contributed by atoms with Gasteiger partial charge in [-0.3, -0.25) is 19.7 Å². The summed E-state index contributed by atoms with van der Waals surface area (Å²) in [6.07, 6.45) is 1.69. The monoisotopic (exact) mass is 369 g/mol. The van der Waals surface area contributed by atoms with Crippen LogP contribution >= 0.6 is 0 Å². The number of amides is 2. The van der Waals surface area contributed by atoms with Crippen molar-refractivity contribution >= 4 is 28.9 Å². The van der Waals surface area contributed by atoms with E-state index in [1.165, 1.54) is 25.3 Å². The van der Waals surface area contributed by atoms with E-state index in [1.54, 1.807) is 23.1 Å². The van der Waals surface area contributed by atoms with Crippen molar-refractivity contribution in [3.8, 4) is 0 Å². The topological polar surface area (TPSA) is 102 Å². The number of anilines is 2. The zero-order valence-electron chi connectivity index (χ0n) is 14.8. The maximum absolute atomic E-state index is 12.5. The Kier molecular flexibility index (Phi) is 5.46. The van der Waals surface area contributed by atoms with Crippen molar-refractivity contribution in [1.82, 2.24) is 0 Å². The number of carbonyl (C=O) groups is 2. The van der Waals surface area contributed by atoms with Crippen molar-refractivity contribution in [2.75, 3.05) is 30.5 Å². The first-order valence-electron chi connectivity index (χ1n) is 8.48. The summed E-state index contributed by atoms with van der Waals surface area (Å²) >= 11 is 0. The fourth-order valence-electron chi connectivity index (χ4n) is 3.14. The van der Waals surface area contributed by atoms with Crippen molar-refractivity contribution in [2.24, 2.45) is 0 Å². The van der Waals surface area contributed by atoms with E-state index >= 15 is 0 Å². The van der Waals surface area contributed by atoms with E-state index in [4.69, 9.17) is 4.74 Å². The molecule has 8 nitrogen and oxygen atoms in total. The summed E-state index contributed by atoms with van der Waals surface area (Å²) in [7, 11) is 1.46. The molecule has 0 radical (unpaired) electrons. The fourth-order valence-corrected chi connectivity index (χ4v) is 3.14. The number of aryl methyl sites for hydroxylation is 1. The van der Waals surface area contributed by atoms with Crippen LogP contribution in [0.1, 0.15) is 22.3 Å². The second-order valence-electron chi connectivity index (χ2n) is 6.15. The van der Waals surface area contributed by atoms with Gasteiger partial charge in [-0.2, -0.15) is 0 Å². The van der Waals surface area contributed by atoms with Gasteiger partial charge in [0.25, 0.3) is 17.5 Å². The Labute approximate surface area is 155 Å². The number of hydrogen-bond donors (Lipinski definition) is 1. The van der Waals surface area contributed by atoms with E-state index in [0.29, 0.717) is 12.2 Å². The molecule has 0 bridgehead atoms. The van der Waals surface area contributed by atoms with Crippen molar-refractivity contribution in [3.05, 3.63) is 63.7 Å². The van der Waals surface area contributed by atoms with Crippen LogP contribution in [-0.2, 0) is 16.0 Å². The van der Waals surface area contributed by atoms with Crippen LogP contribution in [0.5, 0.6) is 0 Å². The van der Waals surface area contributed by atoms with Gasteiger partial charge in [0.05, 0.1) is 4.92 Å². The Morgan fingerprint density at radius 3 is 2.78 bits per heavy atom. The number of hydrogen-bond acceptors (Lipinski definition) is 5. The van der Waals surface area contributed by atoms with Gasteiger partial charge >= 0.3 is 0 Å². The smallest absolute Gasteiger partial charge is 0.282 e. The number of fused-ring (bicyclic) bond motifs is 1. The molecule has 0 aromatic heterocycles. The van der Waals surface area contributed by atoms with Gasteiger partial charge in [-0.25, -0.2) is 0 Å². The Morgan fingerprint density at radius 1 is 1.26 bits per heavy atom. The third kappa shape index (κ3) is 3.95. The van der Waals surface area contributed by atoms with Crippen LogP contribution in [-0.4, -0.2) is 37.0 Å². The van der Waals surface area contributed by atoms with Gasteiger partial charge in [0.1, 0.15) is 12.2 Å². The normalized spacial score (nSPS) is 13.0. The second-order valence-corrected chi connectivity index (χ2v) is 6.15. The van der Waals surface area contributed by atoms with Crippen LogP contribution in [0, 0.1) is 10.1 Å². The number of para-hydroxylation sites is 1.